The fourth-order valence-electron chi connectivity index (χ4n) is 3.31. The van der Waals surface area contributed by atoms with Crippen molar-refractivity contribution in [3.8, 4) is 5.75 Å². The van der Waals surface area contributed by atoms with E-state index in [1.165, 1.54) is 0 Å². The predicted molar refractivity (Wildman–Crippen MR) is 127 cm³/mol. The first-order valence-electron chi connectivity index (χ1n) is 10.2. The maximum Gasteiger partial charge on any atom is 0.244 e. The topological polar surface area (TPSA) is 75.7 Å². The third-order valence-corrected chi connectivity index (χ3v) is 6.20. The number of carbonyl (C=O) groups excluding carboxylic acids is 1. The SMILES string of the molecule is CC[C@H](C(=O)NCCOc1ccccc1C(C)(C)C)N(c1ccc(Cl)cc1)S(C)(=O)=O. The first kappa shape index (κ1) is 25.0. The molecule has 170 valence electrons. The summed E-state index contributed by atoms with van der Waals surface area (Å²) < 4.78 is 31.9. The van der Waals surface area contributed by atoms with Crippen molar-refractivity contribution in [1.82, 2.24) is 5.32 Å². The van der Waals surface area contributed by atoms with Gasteiger partial charge in [0.1, 0.15) is 18.4 Å². The van der Waals surface area contributed by atoms with Gasteiger partial charge >= 0.3 is 0 Å². The zero-order valence-corrected chi connectivity index (χ0v) is 20.3. The molecule has 2 aromatic rings. The Bertz CT molecular complexity index is 985. The van der Waals surface area contributed by atoms with Crippen molar-refractivity contribution >= 4 is 33.2 Å². The van der Waals surface area contributed by atoms with E-state index in [1.54, 1.807) is 31.2 Å². The Kier molecular flexibility index (Phi) is 8.37. The van der Waals surface area contributed by atoms with Crippen molar-refractivity contribution in [2.45, 2.75) is 45.6 Å². The number of amides is 1. The number of anilines is 1. The highest BCUT2D eigenvalue weighted by atomic mass is 35.5. The average Bonchev–Trinajstić information content (AvgIpc) is 2.68. The number of hydrogen-bond donors (Lipinski definition) is 1. The van der Waals surface area contributed by atoms with Gasteiger partial charge in [0.05, 0.1) is 18.5 Å². The molecule has 0 aliphatic carbocycles. The van der Waals surface area contributed by atoms with E-state index in [9.17, 15) is 13.2 Å². The highest BCUT2D eigenvalue weighted by Gasteiger charge is 2.31. The van der Waals surface area contributed by atoms with Crippen LogP contribution in [0.4, 0.5) is 5.69 Å². The molecule has 0 aliphatic heterocycles. The van der Waals surface area contributed by atoms with Crippen LogP contribution in [0, 0.1) is 0 Å². The predicted octanol–water partition coefficient (Wildman–Crippen LogP) is 4.38. The second kappa shape index (κ2) is 10.4. The molecule has 0 fully saturated rings. The lowest BCUT2D eigenvalue weighted by atomic mass is 9.86. The number of sulfonamides is 1. The molecule has 0 bridgehead atoms. The molecule has 0 spiro atoms. The van der Waals surface area contributed by atoms with Crippen molar-refractivity contribution in [3.63, 3.8) is 0 Å². The van der Waals surface area contributed by atoms with Gasteiger partial charge in [0.2, 0.25) is 15.9 Å². The van der Waals surface area contributed by atoms with Crippen LogP contribution in [-0.2, 0) is 20.2 Å². The molecule has 0 saturated heterocycles. The molecule has 31 heavy (non-hydrogen) atoms. The van der Waals surface area contributed by atoms with Crippen molar-refractivity contribution in [3.05, 3.63) is 59.1 Å². The van der Waals surface area contributed by atoms with Crippen molar-refractivity contribution in [2.24, 2.45) is 0 Å². The number of para-hydroxylation sites is 1. The van der Waals surface area contributed by atoms with Gasteiger partial charge in [-0.25, -0.2) is 8.42 Å². The summed E-state index contributed by atoms with van der Waals surface area (Å²) in [6.07, 6.45) is 1.40. The third-order valence-electron chi connectivity index (χ3n) is 4.76. The minimum atomic E-state index is -3.68. The molecular formula is C23H31ClN2O4S. The summed E-state index contributed by atoms with van der Waals surface area (Å²) in [5, 5.41) is 3.29. The monoisotopic (exact) mass is 466 g/mol. The van der Waals surface area contributed by atoms with Gasteiger partial charge in [-0.15, -0.1) is 0 Å². The standard InChI is InChI=1S/C23H31ClN2O4S/c1-6-20(26(31(5,28)29)18-13-11-17(24)12-14-18)22(27)25-15-16-30-21-10-8-7-9-19(21)23(2,3)4/h7-14,20H,6,15-16H2,1-5H3,(H,25,27)/t20-/m1/s1. The van der Waals surface area contributed by atoms with Gasteiger partial charge in [0.15, 0.2) is 0 Å². The Balaban J connectivity index is 2.07. The molecule has 0 aromatic heterocycles. The quantitative estimate of drug-likeness (QED) is 0.556. The molecule has 0 saturated carbocycles. The largest absolute Gasteiger partial charge is 0.491 e. The van der Waals surface area contributed by atoms with E-state index in [2.05, 4.69) is 26.1 Å². The van der Waals surface area contributed by atoms with Gasteiger partial charge in [-0.2, -0.15) is 0 Å². The second-order valence-corrected chi connectivity index (χ2v) is 10.6. The number of benzene rings is 2. The highest BCUT2D eigenvalue weighted by Crippen LogP contribution is 2.30. The maximum atomic E-state index is 12.8. The van der Waals surface area contributed by atoms with Crippen molar-refractivity contribution in [2.75, 3.05) is 23.7 Å². The van der Waals surface area contributed by atoms with Gasteiger partial charge in [0, 0.05) is 5.02 Å². The molecule has 8 heteroatoms. The Morgan fingerprint density at radius 3 is 2.29 bits per heavy atom. The van der Waals surface area contributed by atoms with Crippen LogP contribution >= 0.6 is 11.6 Å². The number of carbonyl (C=O) groups is 1. The zero-order chi connectivity index (χ0) is 23.2. The summed E-state index contributed by atoms with van der Waals surface area (Å²) in [6.45, 7) is 8.63. The number of rotatable bonds is 9. The molecule has 1 amide bonds. The molecule has 1 N–H and O–H groups in total. The lowest BCUT2D eigenvalue weighted by Gasteiger charge is -2.30. The second-order valence-electron chi connectivity index (χ2n) is 8.34. The van der Waals surface area contributed by atoms with E-state index in [0.717, 1.165) is 21.9 Å². The highest BCUT2D eigenvalue weighted by molar-refractivity contribution is 7.92. The molecule has 0 radical (unpaired) electrons. The van der Waals surface area contributed by atoms with Crippen molar-refractivity contribution in [1.29, 1.82) is 0 Å². The summed E-state index contributed by atoms with van der Waals surface area (Å²) in [5.74, 6) is 0.394. The van der Waals surface area contributed by atoms with Crippen LogP contribution in [-0.4, -0.2) is 39.8 Å². The number of nitrogens with zero attached hydrogens (tertiary/aromatic N) is 1. The summed E-state index contributed by atoms with van der Waals surface area (Å²) in [7, 11) is -3.68. The minimum absolute atomic E-state index is 0.0677. The molecule has 0 aliphatic rings. The van der Waals surface area contributed by atoms with E-state index < -0.39 is 16.1 Å². The molecule has 6 nitrogen and oxygen atoms in total. The summed E-state index contributed by atoms with van der Waals surface area (Å²) in [5.41, 5.74) is 1.41. The zero-order valence-electron chi connectivity index (χ0n) is 18.7. The first-order chi connectivity index (χ1) is 14.4. The van der Waals surface area contributed by atoms with Crippen LogP contribution in [0.3, 0.4) is 0 Å². The van der Waals surface area contributed by atoms with Gasteiger partial charge in [-0.1, -0.05) is 57.5 Å². The number of ether oxygens (including phenoxy) is 1. The van der Waals surface area contributed by atoms with Gasteiger partial charge in [-0.05, 0) is 47.7 Å². The van der Waals surface area contributed by atoms with E-state index in [1.807, 2.05) is 24.3 Å². The fraction of sp³-hybridized carbons (Fsp3) is 0.435. The molecular weight excluding hydrogens is 436 g/mol. The van der Waals surface area contributed by atoms with E-state index >= 15 is 0 Å². The third kappa shape index (κ3) is 6.87. The summed E-state index contributed by atoms with van der Waals surface area (Å²) in [6, 6.07) is 13.3. The van der Waals surface area contributed by atoms with Crippen LogP contribution in [0.2, 0.25) is 5.02 Å². The van der Waals surface area contributed by atoms with Crippen LogP contribution in [0.15, 0.2) is 48.5 Å². The van der Waals surface area contributed by atoms with E-state index in [-0.39, 0.29) is 24.5 Å². The van der Waals surface area contributed by atoms with Crippen molar-refractivity contribution < 1.29 is 17.9 Å². The van der Waals surface area contributed by atoms with Crippen LogP contribution < -0.4 is 14.4 Å². The van der Waals surface area contributed by atoms with E-state index in [0.29, 0.717) is 17.1 Å². The molecule has 0 unspecified atom stereocenters. The lowest BCUT2D eigenvalue weighted by Crippen LogP contribution is -2.50. The van der Waals surface area contributed by atoms with Crippen LogP contribution in [0.25, 0.3) is 0 Å². The lowest BCUT2D eigenvalue weighted by molar-refractivity contribution is -0.122. The molecule has 1 atom stereocenters. The number of halogens is 1. The normalized spacial score (nSPS) is 12.8. The Hall–Kier alpha value is -2.25. The maximum absolute atomic E-state index is 12.8. The number of hydrogen-bond acceptors (Lipinski definition) is 4. The van der Waals surface area contributed by atoms with Gasteiger partial charge < -0.3 is 10.1 Å². The molecule has 2 rings (SSSR count). The van der Waals surface area contributed by atoms with E-state index in [4.69, 9.17) is 16.3 Å². The Labute approximate surface area is 190 Å². The first-order valence-corrected chi connectivity index (χ1v) is 12.4. The fourth-order valence-corrected chi connectivity index (χ4v) is 4.65. The molecule has 0 heterocycles. The Morgan fingerprint density at radius 2 is 1.74 bits per heavy atom. The Morgan fingerprint density at radius 1 is 1.13 bits per heavy atom. The van der Waals surface area contributed by atoms with Crippen LogP contribution in [0.5, 0.6) is 5.75 Å². The van der Waals surface area contributed by atoms with Crippen LogP contribution in [0.1, 0.15) is 39.7 Å². The average molecular weight is 467 g/mol. The smallest absolute Gasteiger partial charge is 0.244 e. The van der Waals surface area contributed by atoms with Gasteiger partial charge in [0.25, 0.3) is 0 Å². The summed E-state index contributed by atoms with van der Waals surface area (Å²) in [4.78, 5) is 12.8. The number of nitrogens with one attached hydrogen (secondary N) is 1. The molecule has 2 aromatic carbocycles. The van der Waals surface area contributed by atoms with Gasteiger partial charge in [-0.3, -0.25) is 9.10 Å². The summed E-state index contributed by atoms with van der Waals surface area (Å²) >= 11 is 5.92. The minimum Gasteiger partial charge on any atom is -0.491 e.